The highest BCUT2D eigenvalue weighted by Gasteiger charge is 2.37. The zero-order chi connectivity index (χ0) is 16.9. The molecule has 1 heterocycles. The van der Waals surface area contributed by atoms with Gasteiger partial charge in [0.2, 0.25) is 0 Å². The summed E-state index contributed by atoms with van der Waals surface area (Å²) in [6.45, 7) is 2.65. The first kappa shape index (κ1) is 18.3. The minimum atomic E-state index is -1.19. The average Bonchev–Trinajstić information content (AvgIpc) is 2.55. The summed E-state index contributed by atoms with van der Waals surface area (Å²) in [4.78, 5) is 14.5. The number of carbonyl (C=O) groups is 1. The Morgan fingerprint density at radius 2 is 1.91 bits per heavy atom. The van der Waals surface area contributed by atoms with E-state index >= 15 is 0 Å². The van der Waals surface area contributed by atoms with E-state index in [1.54, 1.807) is 11.8 Å². The van der Waals surface area contributed by atoms with Crippen molar-refractivity contribution >= 4 is 17.7 Å². The van der Waals surface area contributed by atoms with Crippen LogP contribution in [-0.4, -0.2) is 53.7 Å². The molecule has 1 unspecified atom stereocenters. The van der Waals surface area contributed by atoms with Crippen molar-refractivity contribution in [3.8, 4) is 0 Å². The topological polar surface area (TPSA) is 52.6 Å². The standard InChI is InChI=1S/C18H28N2O2S/c1-4-14-5-7-15(8-6-14)16(20(2)3)13-19-17(21)18(22)9-11-23-12-10-18/h5-8,16,22H,4,9-13H2,1-3H3,(H,19,21). The maximum atomic E-state index is 12.4. The lowest BCUT2D eigenvalue weighted by molar-refractivity contribution is -0.140. The molecule has 0 spiro atoms. The number of hydrogen-bond acceptors (Lipinski definition) is 4. The lowest BCUT2D eigenvalue weighted by Gasteiger charge is -2.32. The van der Waals surface area contributed by atoms with Crippen LogP contribution in [0.4, 0.5) is 0 Å². The lowest BCUT2D eigenvalue weighted by atomic mass is 9.95. The van der Waals surface area contributed by atoms with E-state index in [1.807, 2.05) is 14.1 Å². The number of nitrogens with one attached hydrogen (secondary N) is 1. The third-order valence-corrected chi connectivity index (χ3v) is 5.58. The van der Waals surface area contributed by atoms with Gasteiger partial charge in [-0.15, -0.1) is 0 Å². The fourth-order valence-corrected chi connectivity index (χ4v) is 4.03. The zero-order valence-corrected chi connectivity index (χ0v) is 15.2. The largest absolute Gasteiger partial charge is 0.380 e. The first-order valence-electron chi connectivity index (χ1n) is 8.30. The normalized spacial score (nSPS) is 18.7. The summed E-state index contributed by atoms with van der Waals surface area (Å²) in [6, 6.07) is 8.63. The monoisotopic (exact) mass is 336 g/mol. The predicted octanol–water partition coefficient (Wildman–Crippen LogP) is 2.23. The number of hydrogen-bond donors (Lipinski definition) is 2. The van der Waals surface area contributed by atoms with Gasteiger partial charge in [0, 0.05) is 6.54 Å². The molecule has 1 amide bonds. The number of likely N-dealkylation sites (N-methyl/N-ethyl adjacent to an activating group) is 1. The van der Waals surface area contributed by atoms with Crippen LogP contribution < -0.4 is 5.32 Å². The number of rotatable bonds is 6. The molecule has 1 saturated heterocycles. The highest BCUT2D eigenvalue weighted by Crippen LogP contribution is 2.27. The van der Waals surface area contributed by atoms with Gasteiger partial charge in [-0.05, 0) is 56.0 Å². The zero-order valence-electron chi connectivity index (χ0n) is 14.3. The lowest BCUT2D eigenvalue weighted by Crippen LogP contribution is -2.50. The van der Waals surface area contributed by atoms with Crippen molar-refractivity contribution in [2.24, 2.45) is 0 Å². The van der Waals surface area contributed by atoms with Gasteiger partial charge in [-0.2, -0.15) is 11.8 Å². The summed E-state index contributed by atoms with van der Waals surface area (Å²) in [6.07, 6.45) is 2.11. The minimum Gasteiger partial charge on any atom is -0.380 e. The number of benzene rings is 1. The molecule has 5 heteroatoms. The van der Waals surface area contributed by atoms with Crippen molar-refractivity contribution in [2.75, 3.05) is 32.1 Å². The van der Waals surface area contributed by atoms with Crippen LogP contribution >= 0.6 is 11.8 Å². The van der Waals surface area contributed by atoms with E-state index in [4.69, 9.17) is 0 Å². The second-order valence-electron chi connectivity index (χ2n) is 6.43. The highest BCUT2D eigenvalue weighted by molar-refractivity contribution is 7.99. The van der Waals surface area contributed by atoms with Crippen LogP contribution in [0.5, 0.6) is 0 Å². The van der Waals surface area contributed by atoms with E-state index in [1.165, 1.54) is 11.1 Å². The first-order chi connectivity index (χ1) is 11.0. The molecule has 0 aliphatic carbocycles. The fourth-order valence-electron chi connectivity index (χ4n) is 2.86. The van der Waals surface area contributed by atoms with Gasteiger partial charge < -0.3 is 15.3 Å². The third kappa shape index (κ3) is 4.72. The molecule has 2 N–H and O–H groups in total. The van der Waals surface area contributed by atoms with Crippen molar-refractivity contribution in [1.29, 1.82) is 0 Å². The molecule has 1 aromatic rings. The van der Waals surface area contributed by atoms with Gasteiger partial charge in [-0.25, -0.2) is 0 Å². The summed E-state index contributed by atoms with van der Waals surface area (Å²) in [5.74, 6) is 1.47. The van der Waals surface area contributed by atoms with Crippen LogP contribution in [0, 0.1) is 0 Å². The number of aliphatic hydroxyl groups is 1. The second-order valence-corrected chi connectivity index (χ2v) is 7.65. The van der Waals surface area contributed by atoms with Crippen LogP contribution in [-0.2, 0) is 11.2 Å². The van der Waals surface area contributed by atoms with E-state index in [2.05, 4.69) is 41.4 Å². The van der Waals surface area contributed by atoms with E-state index in [0.717, 1.165) is 17.9 Å². The minimum absolute atomic E-state index is 0.103. The summed E-state index contributed by atoms with van der Waals surface area (Å²) in [5, 5.41) is 13.5. The van der Waals surface area contributed by atoms with Crippen LogP contribution in [0.2, 0.25) is 0 Å². The predicted molar refractivity (Wildman–Crippen MR) is 96.8 cm³/mol. The Labute approximate surface area is 143 Å². The van der Waals surface area contributed by atoms with Gasteiger partial charge in [0.1, 0.15) is 5.60 Å². The number of amides is 1. The smallest absolute Gasteiger partial charge is 0.252 e. The molecule has 2 rings (SSSR count). The van der Waals surface area contributed by atoms with Crippen LogP contribution in [0.15, 0.2) is 24.3 Å². The molecule has 1 aliphatic heterocycles. The molecule has 0 aromatic heterocycles. The number of aryl methyl sites for hydroxylation is 1. The third-order valence-electron chi connectivity index (χ3n) is 4.59. The molecule has 1 aromatic carbocycles. The van der Waals surface area contributed by atoms with Crippen molar-refractivity contribution in [1.82, 2.24) is 10.2 Å². The number of nitrogens with zero attached hydrogens (tertiary/aromatic N) is 1. The Balaban J connectivity index is 2.00. The molecule has 1 aliphatic rings. The van der Waals surface area contributed by atoms with E-state index in [0.29, 0.717) is 19.4 Å². The molecule has 4 nitrogen and oxygen atoms in total. The Bertz CT molecular complexity index is 510. The van der Waals surface area contributed by atoms with Gasteiger partial charge in [0.05, 0.1) is 6.04 Å². The van der Waals surface area contributed by atoms with Gasteiger partial charge >= 0.3 is 0 Å². The Morgan fingerprint density at radius 3 is 2.43 bits per heavy atom. The summed E-state index contributed by atoms with van der Waals surface area (Å²) >= 11 is 1.80. The van der Waals surface area contributed by atoms with E-state index in [9.17, 15) is 9.90 Å². The second kappa shape index (κ2) is 8.18. The first-order valence-corrected chi connectivity index (χ1v) is 9.45. The molecule has 23 heavy (non-hydrogen) atoms. The summed E-state index contributed by atoms with van der Waals surface area (Å²) in [5.41, 5.74) is 1.30. The SMILES string of the molecule is CCc1ccc(C(CNC(=O)C2(O)CCSCC2)N(C)C)cc1. The Hall–Kier alpha value is -1.04. The molecule has 0 saturated carbocycles. The summed E-state index contributed by atoms with van der Waals surface area (Å²) < 4.78 is 0. The van der Waals surface area contributed by atoms with Gasteiger partial charge in [0.25, 0.3) is 5.91 Å². The van der Waals surface area contributed by atoms with Crippen molar-refractivity contribution < 1.29 is 9.90 Å². The van der Waals surface area contributed by atoms with Crippen LogP contribution in [0.1, 0.15) is 36.9 Å². The maximum Gasteiger partial charge on any atom is 0.252 e. The van der Waals surface area contributed by atoms with Gasteiger partial charge in [-0.3, -0.25) is 4.79 Å². The molecule has 128 valence electrons. The van der Waals surface area contributed by atoms with E-state index in [-0.39, 0.29) is 11.9 Å². The molecule has 1 fully saturated rings. The summed E-state index contributed by atoms with van der Waals surface area (Å²) in [7, 11) is 4.02. The average molecular weight is 337 g/mol. The molecular formula is C18H28N2O2S. The molecule has 0 radical (unpaired) electrons. The van der Waals surface area contributed by atoms with E-state index < -0.39 is 5.60 Å². The maximum absolute atomic E-state index is 12.4. The van der Waals surface area contributed by atoms with Gasteiger partial charge in [-0.1, -0.05) is 31.2 Å². The Kier molecular flexibility index (Phi) is 6.50. The quantitative estimate of drug-likeness (QED) is 0.836. The molecular weight excluding hydrogens is 308 g/mol. The van der Waals surface area contributed by atoms with Crippen LogP contribution in [0.25, 0.3) is 0 Å². The Morgan fingerprint density at radius 1 is 1.30 bits per heavy atom. The molecule has 0 bridgehead atoms. The van der Waals surface area contributed by atoms with Crippen molar-refractivity contribution in [3.05, 3.63) is 35.4 Å². The highest BCUT2D eigenvalue weighted by atomic mass is 32.2. The van der Waals surface area contributed by atoms with Crippen molar-refractivity contribution in [3.63, 3.8) is 0 Å². The number of thioether (sulfide) groups is 1. The number of carbonyl (C=O) groups excluding carboxylic acids is 1. The molecule has 1 atom stereocenters. The van der Waals surface area contributed by atoms with Gasteiger partial charge in [0.15, 0.2) is 0 Å². The van der Waals surface area contributed by atoms with Crippen molar-refractivity contribution in [2.45, 2.75) is 37.8 Å². The van der Waals surface area contributed by atoms with Crippen LogP contribution in [0.3, 0.4) is 0 Å². The fraction of sp³-hybridized carbons (Fsp3) is 0.611.